The second-order valence-electron chi connectivity index (χ2n) is 6.60. The lowest BCUT2D eigenvalue weighted by atomic mass is 10.1. The van der Waals surface area contributed by atoms with Gasteiger partial charge in [0, 0.05) is 18.3 Å². The number of hydrogen-bond donors (Lipinski definition) is 4. The lowest BCUT2D eigenvalue weighted by Gasteiger charge is -2.11. The lowest BCUT2D eigenvalue weighted by molar-refractivity contribution is 0.0694. The van der Waals surface area contributed by atoms with E-state index in [1.165, 1.54) is 69.9 Å². The van der Waals surface area contributed by atoms with E-state index >= 15 is 0 Å². The average molecular weight is 381 g/mol. The molecule has 0 aliphatic carbocycles. The summed E-state index contributed by atoms with van der Waals surface area (Å²) < 4.78 is 0. The molecule has 0 unspecified atom stereocenters. The molecule has 0 radical (unpaired) electrons. The van der Waals surface area contributed by atoms with Crippen LogP contribution in [0, 0.1) is 0 Å². The number of unbranched alkanes of at least 4 members (excludes halogenated alkanes) is 9. The van der Waals surface area contributed by atoms with Crippen LogP contribution in [0.1, 0.15) is 81.5 Å². The van der Waals surface area contributed by atoms with Gasteiger partial charge in [-0.15, -0.1) is 0 Å². The van der Waals surface area contributed by atoms with Crippen LogP contribution in [0.5, 0.6) is 5.75 Å². The van der Waals surface area contributed by atoms with Crippen LogP contribution >= 0.6 is 12.2 Å². The first-order valence-corrected chi connectivity index (χ1v) is 10.1. The van der Waals surface area contributed by atoms with Crippen molar-refractivity contribution >= 4 is 29.0 Å². The number of rotatable bonds is 13. The number of phenols is 1. The van der Waals surface area contributed by atoms with Gasteiger partial charge in [0.1, 0.15) is 11.3 Å². The largest absolute Gasteiger partial charge is 0.507 e. The molecule has 1 rings (SSSR count). The maximum Gasteiger partial charge on any atom is 0.339 e. The molecule has 0 saturated carbocycles. The van der Waals surface area contributed by atoms with Gasteiger partial charge >= 0.3 is 5.97 Å². The van der Waals surface area contributed by atoms with Gasteiger partial charge in [0.15, 0.2) is 5.11 Å². The first-order valence-electron chi connectivity index (χ1n) is 9.65. The summed E-state index contributed by atoms with van der Waals surface area (Å²) in [7, 11) is 0. The Morgan fingerprint density at radius 3 is 2.12 bits per heavy atom. The number of thiocarbonyl (C=S) groups is 1. The molecule has 0 heterocycles. The van der Waals surface area contributed by atoms with Crippen LogP contribution in [-0.4, -0.2) is 27.8 Å². The van der Waals surface area contributed by atoms with E-state index in [1.807, 2.05) is 0 Å². The van der Waals surface area contributed by atoms with Gasteiger partial charge in [0.25, 0.3) is 0 Å². The molecular formula is C20H32N2O3S. The highest BCUT2D eigenvalue weighted by Gasteiger charge is 2.09. The summed E-state index contributed by atoms with van der Waals surface area (Å²) in [4.78, 5) is 10.9. The summed E-state index contributed by atoms with van der Waals surface area (Å²) in [5, 5.41) is 25.1. The van der Waals surface area contributed by atoms with Crippen LogP contribution in [0.15, 0.2) is 18.2 Å². The predicted octanol–water partition coefficient (Wildman–Crippen LogP) is 5.30. The minimum Gasteiger partial charge on any atom is -0.507 e. The molecule has 146 valence electrons. The van der Waals surface area contributed by atoms with Gasteiger partial charge in [0.2, 0.25) is 0 Å². The molecule has 0 aliphatic heterocycles. The molecule has 1 aromatic rings. The molecule has 0 amide bonds. The summed E-state index contributed by atoms with van der Waals surface area (Å²) in [6, 6.07) is 4.29. The maximum atomic E-state index is 10.9. The summed E-state index contributed by atoms with van der Waals surface area (Å²) in [5.74, 6) is -1.43. The third-order valence-corrected chi connectivity index (χ3v) is 4.55. The Morgan fingerprint density at radius 2 is 1.58 bits per heavy atom. The monoisotopic (exact) mass is 380 g/mol. The first kappa shape index (κ1) is 22.2. The van der Waals surface area contributed by atoms with Gasteiger partial charge in [-0.05, 0) is 30.8 Å². The Balaban J connectivity index is 2.07. The topological polar surface area (TPSA) is 81.6 Å². The van der Waals surface area contributed by atoms with Gasteiger partial charge < -0.3 is 20.8 Å². The van der Waals surface area contributed by atoms with Crippen LogP contribution in [0.4, 0.5) is 5.69 Å². The van der Waals surface area contributed by atoms with Crippen LogP contribution in [0.3, 0.4) is 0 Å². The van der Waals surface area contributed by atoms with Crippen molar-refractivity contribution in [2.75, 3.05) is 11.9 Å². The van der Waals surface area contributed by atoms with Crippen molar-refractivity contribution in [3.05, 3.63) is 23.8 Å². The number of benzene rings is 1. The smallest absolute Gasteiger partial charge is 0.339 e. The van der Waals surface area contributed by atoms with Crippen LogP contribution < -0.4 is 10.6 Å². The second-order valence-corrected chi connectivity index (χ2v) is 7.01. The molecular weight excluding hydrogens is 348 g/mol. The van der Waals surface area contributed by atoms with Crippen LogP contribution in [0.25, 0.3) is 0 Å². The van der Waals surface area contributed by atoms with Crippen molar-refractivity contribution in [3.8, 4) is 5.75 Å². The third-order valence-electron chi connectivity index (χ3n) is 4.30. The van der Waals surface area contributed by atoms with E-state index < -0.39 is 5.97 Å². The lowest BCUT2D eigenvalue weighted by Crippen LogP contribution is -2.29. The molecule has 4 N–H and O–H groups in total. The maximum absolute atomic E-state index is 10.9. The van der Waals surface area contributed by atoms with Crippen molar-refractivity contribution in [3.63, 3.8) is 0 Å². The van der Waals surface area contributed by atoms with Gasteiger partial charge in [-0.1, -0.05) is 64.7 Å². The van der Waals surface area contributed by atoms with Crippen molar-refractivity contribution in [2.24, 2.45) is 0 Å². The van der Waals surface area contributed by atoms with E-state index in [9.17, 15) is 9.90 Å². The van der Waals surface area contributed by atoms with E-state index in [0.29, 0.717) is 10.8 Å². The third kappa shape index (κ3) is 9.61. The zero-order valence-electron chi connectivity index (χ0n) is 15.7. The summed E-state index contributed by atoms with van der Waals surface area (Å²) in [5.41, 5.74) is 0.438. The number of carboxylic acids is 1. The number of carbonyl (C=O) groups is 1. The normalized spacial score (nSPS) is 10.5. The molecule has 0 aliphatic rings. The molecule has 6 heteroatoms. The van der Waals surface area contributed by atoms with E-state index in [1.54, 1.807) is 6.07 Å². The quantitative estimate of drug-likeness (QED) is 0.275. The first-order chi connectivity index (χ1) is 12.5. The Labute approximate surface area is 162 Å². The van der Waals surface area contributed by atoms with E-state index in [-0.39, 0.29) is 11.3 Å². The fraction of sp³-hybridized carbons (Fsp3) is 0.600. The molecule has 0 saturated heterocycles. The molecule has 26 heavy (non-hydrogen) atoms. The fourth-order valence-corrected chi connectivity index (χ4v) is 3.00. The number of hydrogen-bond acceptors (Lipinski definition) is 3. The van der Waals surface area contributed by atoms with Crippen molar-refractivity contribution in [2.45, 2.75) is 71.1 Å². The Kier molecular flexibility index (Phi) is 11.4. The zero-order valence-corrected chi connectivity index (χ0v) is 16.5. The molecule has 0 fully saturated rings. The Morgan fingerprint density at radius 1 is 1.00 bits per heavy atom. The standard InChI is InChI=1S/C20H32N2O3S/c1-2-3-4-5-6-7-8-9-10-11-14-21-20(26)22-16-12-13-17(19(24)25)18(23)15-16/h12-13,15,23H,2-11,14H2,1H3,(H,24,25)(H2,21,22,26). The molecule has 0 bridgehead atoms. The summed E-state index contributed by atoms with van der Waals surface area (Å²) in [6.45, 7) is 3.05. The number of aromatic hydroxyl groups is 1. The highest BCUT2D eigenvalue weighted by Crippen LogP contribution is 2.21. The van der Waals surface area contributed by atoms with Gasteiger partial charge in [0.05, 0.1) is 0 Å². The number of carboxylic acid groups (broad SMARTS) is 1. The summed E-state index contributed by atoms with van der Waals surface area (Å²) >= 11 is 5.21. The second kappa shape index (κ2) is 13.4. The molecule has 0 atom stereocenters. The van der Waals surface area contributed by atoms with E-state index in [2.05, 4.69) is 17.6 Å². The fourth-order valence-electron chi connectivity index (χ4n) is 2.78. The minimum atomic E-state index is -1.16. The molecule has 1 aromatic carbocycles. The van der Waals surface area contributed by atoms with Gasteiger partial charge in [-0.25, -0.2) is 4.79 Å². The number of nitrogens with one attached hydrogen (secondary N) is 2. The van der Waals surface area contributed by atoms with Crippen LogP contribution in [0.2, 0.25) is 0 Å². The molecule has 0 aromatic heterocycles. The highest BCUT2D eigenvalue weighted by molar-refractivity contribution is 7.80. The van der Waals surface area contributed by atoms with E-state index in [4.69, 9.17) is 17.3 Å². The van der Waals surface area contributed by atoms with Gasteiger partial charge in [-0.2, -0.15) is 0 Å². The Hall–Kier alpha value is -1.82. The highest BCUT2D eigenvalue weighted by atomic mass is 32.1. The zero-order chi connectivity index (χ0) is 19.2. The minimum absolute atomic E-state index is 0.125. The predicted molar refractivity (Wildman–Crippen MR) is 111 cm³/mol. The molecule has 5 nitrogen and oxygen atoms in total. The van der Waals surface area contributed by atoms with E-state index in [0.717, 1.165) is 13.0 Å². The van der Waals surface area contributed by atoms with Crippen molar-refractivity contribution in [1.82, 2.24) is 5.32 Å². The average Bonchev–Trinajstić information content (AvgIpc) is 2.59. The summed E-state index contributed by atoms with van der Waals surface area (Å²) in [6.07, 6.45) is 13.0. The van der Waals surface area contributed by atoms with Gasteiger partial charge in [-0.3, -0.25) is 0 Å². The van der Waals surface area contributed by atoms with Crippen molar-refractivity contribution < 1.29 is 15.0 Å². The van der Waals surface area contributed by atoms with Crippen LogP contribution in [-0.2, 0) is 0 Å². The molecule has 0 spiro atoms. The number of anilines is 1. The van der Waals surface area contributed by atoms with Crippen molar-refractivity contribution in [1.29, 1.82) is 0 Å². The SMILES string of the molecule is CCCCCCCCCCCCNC(=S)Nc1ccc(C(=O)O)c(O)c1. The number of aromatic carboxylic acids is 1. The Bertz CT molecular complexity index is 564.